The molecule has 1 N–H and O–H groups in total. The van der Waals surface area contributed by atoms with Crippen molar-refractivity contribution in [3.8, 4) is 0 Å². The fraction of sp³-hybridized carbons (Fsp3) is 0.176. The SMILES string of the molecule is O=C(CN1Cc2ccccc2C1)N/N=C\c1cccc(Cl)c1. The smallest absolute Gasteiger partial charge is 0.254 e. The van der Waals surface area contributed by atoms with Crippen LogP contribution in [0.2, 0.25) is 5.02 Å². The Hall–Kier alpha value is -2.17. The first-order valence-corrected chi connectivity index (χ1v) is 7.45. The summed E-state index contributed by atoms with van der Waals surface area (Å²) in [4.78, 5) is 14.0. The molecule has 0 saturated heterocycles. The molecule has 112 valence electrons. The number of hydrazone groups is 1. The molecule has 0 radical (unpaired) electrons. The highest BCUT2D eigenvalue weighted by Crippen LogP contribution is 2.21. The van der Waals surface area contributed by atoms with Crippen LogP contribution in [0.4, 0.5) is 0 Å². The quantitative estimate of drug-likeness (QED) is 0.697. The lowest BCUT2D eigenvalue weighted by molar-refractivity contribution is -0.122. The van der Waals surface area contributed by atoms with Gasteiger partial charge >= 0.3 is 0 Å². The van der Waals surface area contributed by atoms with Gasteiger partial charge in [-0.25, -0.2) is 5.43 Å². The van der Waals surface area contributed by atoms with Gasteiger partial charge in [-0.05, 0) is 28.8 Å². The van der Waals surface area contributed by atoms with Crippen molar-refractivity contribution >= 4 is 23.7 Å². The van der Waals surface area contributed by atoms with E-state index in [9.17, 15) is 4.79 Å². The molecule has 5 heteroatoms. The molecule has 0 aromatic heterocycles. The summed E-state index contributed by atoms with van der Waals surface area (Å²) in [5, 5.41) is 4.61. The van der Waals surface area contributed by atoms with Crippen molar-refractivity contribution in [2.75, 3.05) is 6.54 Å². The maximum atomic E-state index is 11.9. The molecule has 2 aromatic rings. The van der Waals surface area contributed by atoms with Crippen molar-refractivity contribution in [1.82, 2.24) is 10.3 Å². The molecule has 4 nitrogen and oxygen atoms in total. The zero-order chi connectivity index (χ0) is 15.4. The molecule has 1 aliphatic heterocycles. The Morgan fingerprint density at radius 1 is 1.18 bits per heavy atom. The summed E-state index contributed by atoms with van der Waals surface area (Å²) in [6.45, 7) is 1.95. The number of carbonyl (C=O) groups excluding carboxylic acids is 1. The molecule has 1 aliphatic rings. The van der Waals surface area contributed by atoms with E-state index in [2.05, 4.69) is 27.6 Å². The molecule has 22 heavy (non-hydrogen) atoms. The lowest BCUT2D eigenvalue weighted by atomic mass is 10.1. The largest absolute Gasteiger partial charge is 0.286 e. The van der Waals surface area contributed by atoms with Crippen molar-refractivity contribution < 1.29 is 4.79 Å². The van der Waals surface area contributed by atoms with Crippen molar-refractivity contribution in [3.63, 3.8) is 0 Å². The molecular weight excluding hydrogens is 298 g/mol. The van der Waals surface area contributed by atoms with Crippen LogP contribution in [0, 0.1) is 0 Å². The summed E-state index contributed by atoms with van der Waals surface area (Å²) in [6.07, 6.45) is 1.59. The molecule has 1 amide bonds. The molecule has 0 aliphatic carbocycles. The second-order valence-corrected chi connectivity index (χ2v) is 5.70. The molecule has 3 rings (SSSR count). The summed E-state index contributed by atoms with van der Waals surface area (Å²) in [7, 11) is 0. The zero-order valence-electron chi connectivity index (χ0n) is 12.0. The third-order valence-corrected chi connectivity index (χ3v) is 3.76. The molecule has 0 unspecified atom stereocenters. The highest BCUT2D eigenvalue weighted by molar-refractivity contribution is 6.30. The number of nitrogens with zero attached hydrogens (tertiary/aromatic N) is 2. The molecule has 0 atom stereocenters. The van der Waals surface area contributed by atoms with E-state index in [0.717, 1.165) is 18.7 Å². The van der Waals surface area contributed by atoms with Gasteiger partial charge in [-0.2, -0.15) is 5.10 Å². The minimum absolute atomic E-state index is 0.119. The van der Waals surface area contributed by atoms with Crippen molar-refractivity contribution in [2.24, 2.45) is 5.10 Å². The second kappa shape index (κ2) is 6.73. The number of halogens is 1. The monoisotopic (exact) mass is 313 g/mol. The normalized spacial score (nSPS) is 14.2. The molecule has 0 bridgehead atoms. The lowest BCUT2D eigenvalue weighted by Crippen LogP contribution is -2.32. The number of hydrogen-bond acceptors (Lipinski definition) is 3. The van der Waals surface area contributed by atoms with Crippen LogP contribution in [0.1, 0.15) is 16.7 Å². The summed E-state index contributed by atoms with van der Waals surface area (Å²) in [5.74, 6) is -0.119. The summed E-state index contributed by atoms with van der Waals surface area (Å²) in [6, 6.07) is 15.5. The van der Waals surface area contributed by atoms with Gasteiger partial charge in [0.15, 0.2) is 0 Å². The van der Waals surface area contributed by atoms with Crippen LogP contribution in [0.25, 0.3) is 0 Å². The predicted octanol–water partition coefficient (Wildman–Crippen LogP) is 2.81. The van der Waals surface area contributed by atoms with Crippen LogP contribution in [0.15, 0.2) is 53.6 Å². The van der Waals surface area contributed by atoms with E-state index >= 15 is 0 Å². The first kappa shape index (κ1) is 14.8. The van der Waals surface area contributed by atoms with Gasteiger partial charge in [-0.15, -0.1) is 0 Å². The second-order valence-electron chi connectivity index (χ2n) is 5.26. The summed E-state index contributed by atoms with van der Waals surface area (Å²) < 4.78 is 0. The average molecular weight is 314 g/mol. The number of nitrogens with one attached hydrogen (secondary N) is 1. The Morgan fingerprint density at radius 3 is 2.59 bits per heavy atom. The number of fused-ring (bicyclic) bond motifs is 1. The molecular formula is C17H16ClN3O. The lowest BCUT2D eigenvalue weighted by Gasteiger charge is -2.12. The van der Waals surface area contributed by atoms with E-state index in [-0.39, 0.29) is 5.91 Å². The first-order valence-electron chi connectivity index (χ1n) is 7.07. The minimum Gasteiger partial charge on any atom is -0.286 e. The summed E-state index contributed by atoms with van der Waals surface area (Å²) in [5.41, 5.74) is 5.98. The van der Waals surface area contributed by atoms with Crippen LogP contribution >= 0.6 is 11.6 Å². The Morgan fingerprint density at radius 2 is 1.91 bits per heavy atom. The highest BCUT2D eigenvalue weighted by Gasteiger charge is 2.19. The number of carbonyl (C=O) groups is 1. The van der Waals surface area contributed by atoms with Gasteiger partial charge in [0.25, 0.3) is 5.91 Å². The third kappa shape index (κ3) is 3.72. The Bertz CT molecular complexity index is 690. The Labute approximate surface area is 134 Å². The fourth-order valence-corrected chi connectivity index (χ4v) is 2.72. The number of rotatable bonds is 4. The van der Waals surface area contributed by atoms with Crippen molar-refractivity contribution in [3.05, 3.63) is 70.2 Å². The Balaban J connectivity index is 1.50. The fourth-order valence-electron chi connectivity index (χ4n) is 2.52. The molecule has 1 heterocycles. The summed E-state index contributed by atoms with van der Waals surface area (Å²) >= 11 is 5.89. The van der Waals surface area contributed by atoms with Gasteiger partial charge in [0.2, 0.25) is 0 Å². The van der Waals surface area contributed by atoms with E-state index in [4.69, 9.17) is 11.6 Å². The van der Waals surface area contributed by atoms with E-state index in [0.29, 0.717) is 11.6 Å². The maximum absolute atomic E-state index is 11.9. The van der Waals surface area contributed by atoms with E-state index in [1.807, 2.05) is 24.3 Å². The van der Waals surface area contributed by atoms with Crippen molar-refractivity contribution in [1.29, 1.82) is 0 Å². The van der Waals surface area contributed by atoms with Crippen LogP contribution in [0.5, 0.6) is 0 Å². The molecule has 0 saturated carbocycles. The van der Waals surface area contributed by atoms with E-state index in [1.54, 1.807) is 18.3 Å². The average Bonchev–Trinajstić information content (AvgIpc) is 2.89. The van der Waals surface area contributed by atoms with Crippen molar-refractivity contribution in [2.45, 2.75) is 13.1 Å². The molecule has 0 fully saturated rings. The van der Waals surface area contributed by atoms with Gasteiger partial charge < -0.3 is 0 Å². The van der Waals surface area contributed by atoms with E-state index in [1.165, 1.54) is 11.1 Å². The highest BCUT2D eigenvalue weighted by atomic mass is 35.5. The third-order valence-electron chi connectivity index (χ3n) is 3.53. The standard InChI is InChI=1S/C17H16ClN3O/c18-16-7-3-4-13(8-16)9-19-20-17(22)12-21-10-14-5-1-2-6-15(14)11-21/h1-9H,10-12H2,(H,20,22)/b19-9-. The maximum Gasteiger partial charge on any atom is 0.254 e. The van der Waals surface area contributed by atoms with Crippen LogP contribution in [0.3, 0.4) is 0 Å². The molecule has 2 aromatic carbocycles. The first-order chi connectivity index (χ1) is 10.7. The van der Waals surface area contributed by atoms with Crippen LogP contribution < -0.4 is 5.43 Å². The number of hydrogen-bond donors (Lipinski definition) is 1. The number of amides is 1. The zero-order valence-corrected chi connectivity index (χ0v) is 12.8. The topological polar surface area (TPSA) is 44.7 Å². The number of benzene rings is 2. The van der Waals surface area contributed by atoms with E-state index < -0.39 is 0 Å². The Kier molecular flexibility index (Phi) is 4.51. The van der Waals surface area contributed by atoms with Gasteiger partial charge in [0.05, 0.1) is 12.8 Å². The van der Waals surface area contributed by atoms with Crippen LogP contribution in [-0.4, -0.2) is 23.6 Å². The predicted molar refractivity (Wildman–Crippen MR) is 87.7 cm³/mol. The van der Waals surface area contributed by atoms with Gasteiger partial charge in [0.1, 0.15) is 0 Å². The molecule has 0 spiro atoms. The van der Waals surface area contributed by atoms with Crippen LogP contribution in [-0.2, 0) is 17.9 Å². The van der Waals surface area contributed by atoms with Gasteiger partial charge in [-0.3, -0.25) is 9.69 Å². The van der Waals surface area contributed by atoms with Gasteiger partial charge in [-0.1, -0.05) is 48.0 Å². The minimum atomic E-state index is -0.119. The van der Waals surface area contributed by atoms with Gasteiger partial charge in [0, 0.05) is 18.1 Å².